The molecule has 1 rings (SSSR count). The van der Waals surface area contributed by atoms with Gasteiger partial charge >= 0.3 is 39.2 Å². The van der Waals surface area contributed by atoms with E-state index in [2.05, 4.69) is 0 Å². The number of rotatable bonds is 2. The van der Waals surface area contributed by atoms with Crippen LogP contribution in [0.2, 0.25) is 0 Å². The molecule has 0 amide bonds. The first kappa shape index (κ1) is 12.6. The van der Waals surface area contributed by atoms with Gasteiger partial charge in [-0.1, -0.05) is 30.3 Å². The minimum absolute atomic E-state index is 0. The van der Waals surface area contributed by atoms with Crippen LogP contribution in [0.5, 0.6) is 0 Å². The van der Waals surface area contributed by atoms with Crippen molar-refractivity contribution in [2.75, 3.05) is 0 Å². The van der Waals surface area contributed by atoms with Gasteiger partial charge in [0.15, 0.2) is 5.85 Å². The molecule has 1 aromatic carbocycles. The van der Waals surface area contributed by atoms with Crippen molar-refractivity contribution in [2.24, 2.45) is 0 Å². The molecular formula is C7H10CaO3P+3. The van der Waals surface area contributed by atoms with Crippen LogP contribution in [-0.4, -0.2) is 47.7 Å². The Morgan fingerprint density at radius 3 is 2.25 bits per heavy atom. The van der Waals surface area contributed by atoms with Crippen LogP contribution in [0.3, 0.4) is 0 Å². The van der Waals surface area contributed by atoms with E-state index in [1.54, 1.807) is 30.3 Å². The molecule has 3 nitrogen and oxygen atoms in total. The second-order valence-electron chi connectivity index (χ2n) is 2.15. The molecule has 2 N–H and O–H groups in total. The van der Waals surface area contributed by atoms with Crippen LogP contribution < -0.4 is 0 Å². The van der Waals surface area contributed by atoms with E-state index in [0.717, 1.165) is 0 Å². The van der Waals surface area contributed by atoms with Gasteiger partial charge in [-0.05, 0) is 5.56 Å². The Bertz CT molecular complexity index is 257. The predicted molar refractivity (Wildman–Crippen MR) is 49.5 cm³/mol. The fourth-order valence-corrected chi connectivity index (χ4v) is 1.26. The molecule has 0 saturated heterocycles. The smallest absolute Gasteiger partial charge is 0.378 e. The summed E-state index contributed by atoms with van der Waals surface area (Å²) in [5, 5.41) is 9.08. The van der Waals surface area contributed by atoms with E-state index in [1.807, 2.05) is 0 Å². The maximum atomic E-state index is 10.4. The Kier molecular flexibility index (Phi) is 6.46. The van der Waals surface area contributed by atoms with Crippen molar-refractivity contribution in [3.05, 3.63) is 35.9 Å². The van der Waals surface area contributed by atoms with E-state index >= 15 is 0 Å². The van der Waals surface area contributed by atoms with E-state index in [4.69, 9.17) is 10.00 Å². The molecule has 1 aromatic rings. The van der Waals surface area contributed by atoms with Crippen molar-refractivity contribution in [2.45, 2.75) is 5.85 Å². The summed E-state index contributed by atoms with van der Waals surface area (Å²) in [5.74, 6) is -1.22. The Morgan fingerprint density at radius 2 is 1.83 bits per heavy atom. The zero-order valence-electron chi connectivity index (χ0n) is 7.47. The largest absolute Gasteiger partial charge is 2.00 e. The number of aliphatic hydroxyl groups excluding tert-OH is 1. The van der Waals surface area contributed by atoms with Crippen LogP contribution in [0.4, 0.5) is 0 Å². The van der Waals surface area contributed by atoms with Gasteiger partial charge in [-0.15, -0.1) is 0 Å². The zero-order valence-corrected chi connectivity index (χ0v) is 9.68. The number of benzene rings is 1. The second kappa shape index (κ2) is 6.14. The van der Waals surface area contributed by atoms with Crippen molar-refractivity contribution in [1.82, 2.24) is 0 Å². The predicted octanol–water partition coefficient (Wildman–Crippen LogP) is 0.876. The Morgan fingerprint density at radius 1 is 1.33 bits per heavy atom. The minimum atomic E-state index is -2.86. The molecule has 0 spiro atoms. The Hall–Kier alpha value is 0.630. The van der Waals surface area contributed by atoms with Gasteiger partial charge in [-0.3, -0.25) is 4.57 Å². The average molecular weight is 213 g/mol. The second-order valence-corrected chi connectivity index (χ2v) is 3.37. The number of hydrogen-bond acceptors (Lipinski definition) is 2. The van der Waals surface area contributed by atoms with Gasteiger partial charge in [0.05, 0.1) is 0 Å². The molecule has 60 valence electrons. The maximum Gasteiger partial charge on any atom is 2.00 e. The standard InChI is InChI=1S/C7H9O3P.Ca/c8-7(11(9)10)6-4-2-1-3-5-6;/h1-5,7-8,11H,(H,9,10);/q;+2/p+1. The summed E-state index contributed by atoms with van der Waals surface area (Å²) >= 11 is 0. The molecule has 0 aliphatic rings. The van der Waals surface area contributed by atoms with Gasteiger partial charge in [-0.2, -0.15) is 0 Å². The van der Waals surface area contributed by atoms with Crippen LogP contribution in [0.1, 0.15) is 12.8 Å². The molecular weight excluding hydrogens is 203 g/mol. The fourth-order valence-electron chi connectivity index (χ4n) is 0.778. The van der Waals surface area contributed by atoms with Crippen LogP contribution in [-0.2, 0) is 4.57 Å². The third kappa shape index (κ3) is 3.56. The summed E-state index contributed by atoms with van der Waals surface area (Å²) in [6, 6.07) is 8.43. The summed E-state index contributed by atoms with van der Waals surface area (Å²) in [7, 11) is -2.86. The molecule has 0 fully saturated rings. The van der Waals surface area contributed by atoms with Crippen LogP contribution >= 0.6 is 8.03 Å². The van der Waals surface area contributed by atoms with Crippen molar-refractivity contribution in [3.63, 3.8) is 0 Å². The third-order valence-electron chi connectivity index (χ3n) is 1.35. The number of aliphatic hydroxyl groups is 1. The first-order chi connectivity index (χ1) is 5.22. The van der Waals surface area contributed by atoms with Crippen molar-refractivity contribution >= 4 is 45.8 Å². The zero-order chi connectivity index (χ0) is 8.27. The van der Waals surface area contributed by atoms with E-state index in [9.17, 15) is 4.57 Å². The summed E-state index contributed by atoms with van der Waals surface area (Å²) in [4.78, 5) is 8.57. The van der Waals surface area contributed by atoms with Crippen LogP contribution in [0.25, 0.3) is 0 Å². The minimum Gasteiger partial charge on any atom is -0.378 e. The molecule has 0 aliphatic heterocycles. The SMILES string of the molecule is O=[PH](O)C(O)c1ccccc1.[Ca+2].[H+]. The molecule has 0 aromatic heterocycles. The maximum absolute atomic E-state index is 10.4. The van der Waals surface area contributed by atoms with E-state index in [1.165, 1.54) is 0 Å². The van der Waals surface area contributed by atoms with Gasteiger partial charge in [0, 0.05) is 0 Å². The first-order valence-corrected chi connectivity index (χ1v) is 4.61. The third-order valence-corrected chi connectivity index (χ3v) is 2.15. The average Bonchev–Trinajstić information content (AvgIpc) is 2.05. The monoisotopic (exact) mass is 213 g/mol. The summed E-state index contributed by atoms with van der Waals surface area (Å²) in [6.07, 6.45) is 0. The van der Waals surface area contributed by atoms with Crippen molar-refractivity contribution < 1.29 is 16.0 Å². The van der Waals surface area contributed by atoms with Gasteiger partial charge in [0.2, 0.25) is 8.03 Å². The molecule has 0 heterocycles. The van der Waals surface area contributed by atoms with Crippen LogP contribution in [0, 0.1) is 0 Å². The fraction of sp³-hybridized carbons (Fsp3) is 0.143. The van der Waals surface area contributed by atoms with Crippen molar-refractivity contribution in [1.29, 1.82) is 0 Å². The Labute approximate surface area is 103 Å². The van der Waals surface area contributed by atoms with Gasteiger partial charge in [-0.25, -0.2) is 0 Å². The molecule has 2 atom stereocenters. The van der Waals surface area contributed by atoms with E-state index in [0.29, 0.717) is 5.56 Å². The van der Waals surface area contributed by atoms with Gasteiger partial charge in [0.25, 0.3) is 0 Å². The normalized spacial score (nSPS) is 14.5. The molecule has 12 heavy (non-hydrogen) atoms. The topological polar surface area (TPSA) is 57.5 Å². The molecule has 0 saturated carbocycles. The first-order valence-electron chi connectivity index (χ1n) is 3.17. The summed E-state index contributed by atoms with van der Waals surface area (Å²) in [6.45, 7) is 0. The summed E-state index contributed by atoms with van der Waals surface area (Å²) < 4.78 is 10.4. The summed E-state index contributed by atoms with van der Waals surface area (Å²) in [5.41, 5.74) is 0.485. The van der Waals surface area contributed by atoms with Gasteiger partial charge < -0.3 is 10.00 Å². The van der Waals surface area contributed by atoms with Crippen molar-refractivity contribution in [3.8, 4) is 0 Å². The van der Waals surface area contributed by atoms with E-state index in [-0.39, 0.29) is 39.2 Å². The molecule has 2 unspecified atom stereocenters. The molecule has 0 radical (unpaired) electrons. The quantitative estimate of drug-likeness (QED) is 0.566. The van der Waals surface area contributed by atoms with Gasteiger partial charge in [0.1, 0.15) is 0 Å². The number of hydrogen-bond donors (Lipinski definition) is 2. The molecule has 0 bridgehead atoms. The van der Waals surface area contributed by atoms with E-state index < -0.39 is 13.9 Å². The molecule has 5 heteroatoms. The Balaban J connectivity index is 0. The van der Waals surface area contributed by atoms with Crippen LogP contribution in [0.15, 0.2) is 30.3 Å². The molecule has 0 aliphatic carbocycles.